The molecular weight excluding hydrogens is 426 g/mol. The van der Waals surface area contributed by atoms with Crippen LogP contribution in [0.5, 0.6) is 0 Å². The molecule has 0 unspecified atom stereocenters. The summed E-state index contributed by atoms with van der Waals surface area (Å²) in [6, 6.07) is 21.4. The van der Waals surface area contributed by atoms with Gasteiger partial charge in [0.1, 0.15) is 11.2 Å². The average Bonchev–Trinajstić information content (AvgIpc) is 3.55. The minimum Gasteiger partial charge on any atom is -0.440 e. The third-order valence-corrected chi connectivity index (χ3v) is 6.34. The Kier molecular flexibility index (Phi) is 5.14. The first kappa shape index (κ1) is 20.4. The maximum Gasteiger partial charge on any atom is 0.257 e. The van der Waals surface area contributed by atoms with E-state index in [1.807, 2.05) is 77.8 Å². The molecular formula is C27H23N5O2. The molecule has 4 heterocycles. The molecule has 0 atom stereocenters. The minimum absolute atomic E-state index is 0.0166. The van der Waals surface area contributed by atoms with Crippen molar-refractivity contribution in [3.8, 4) is 16.9 Å². The quantitative estimate of drug-likeness (QED) is 0.382. The number of aromatic nitrogens is 4. The number of likely N-dealkylation sites (tertiary alicyclic amines) is 1. The molecule has 0 aliphatic carbocycles. The van der Waals surface area contributed by atoms with Crippen molar-refractivity contribution >= 4 is 17.0 Å². The van der Waals surface area contributed by atoms with Crippen LogP contribution in [0.1, 0.15) is 35.0 Å². The number of pyridine rings is 1. The largest absolute Gasteiger partial charge is 0.440 e. The van der Waals surface area contributed by atoms with Crippen LogP contribution in [0.15, 0.2) is 89.7 Å². The number of hydrogen-bond donors (Lipinski definition) is 0. The van der Waals surface area contributed by atoms with Crippen molar-refractivity contribution in [1.29, 1.82) is 0 Å². The minimum atomic E-state index is -0.0166. The van der Waals surface area contributed by atoms with Crippen LogP contribution < -0.4 is 0 Å². The number of para-hydroxylation sites is 3. The van der Waals surface area contributed by atoms with Gasteiger partial charge in [-0.25, -0.2) is 9.67 Å². The lowest BCUT2D eigenvalue weighted by molar-refractivity contribution is 0.0707. The Morgan fingerprint density at radius 1 is 0.941 bits per heavy atom. The molecule has 6 rings (SSSR count). The van der Waals surface area contributed by atoms with Gasteiger partial charge < -0.3 is 9.32 Å². The summed E-state index contributed by atoms with van der Waals surface area (Å²) in [5.74, 6) is 0.958. The van der Waals surface area contributed by atoms with Gasteiger partial charge in [-0.3, -0.25) is 9.78 Å². The Hall–Kier alpha value is -4.26. The van der Waals surface area contributed by atoms with Gasteiger partial charge in [0.25, 0.3) is 5.91 Å². The first-order valence-corrected chi connectivity index (χ1v) is 11.5. The molecule has 1 saturated heterocycles. The topological polar surface area (TPSA) is 77.1 Å². The maximum absolute atomic E-state index is 13.6. The normalized spacial score (nSPS) is 14.5. The molecule has 0 radical (unpaired) electrons. The first-order chi connectivity index (χ1) is 16.8. The van der Waals surface area contributed by atoms with Gasteiger partial charge in [-0.2, -0.15) is 5.10 Å². The molecule has 2 aromatic carbocycles. The fraction of sp³-hybridized carbons (Fsp3) is 0.185. The number of amides is 1. The number of carbonyl (C=O) groups excluding carboxylic acids is 1. The molecule has 34 heavy (non-hydrogen) atoms. The average molecular weight is 450 g/mol. The molecule has 1 amide bonds. The molecule has 1 aliphatic rings. The van der Waals surface area contributed by atoms with E-state index in [9.17, 15) is 4.79 Å². The van der Waals surface area contributed by atoms with Crippen molar-refractivity contribution in [1.82, 2.24) is 24.6 Å². The summed E-state index contributed by atoms with van der Waals surface area (Å²) >= 11 is 0. The Morgan fingerprint density at radius 3 is 2.50 bits per heavy atom. The summed E-state index contributed by atoms with van der Waals surface area (Å²) in [7, 11) is 0. The number of carbonyl (C=O) groups is 1. The molecule has 168 valence electrons. The number of fused-ring (bicyclic) bond motifs is 1. The second-order valence-electron chi connectivity index (χ2n) is 8.50. The molecule has 0 N–H and O–H groups in total. The zero-order chi connectivity index (χ0) is 22.9. The molecule has 7 nitrogen and oxygen atoms in total. The standard InChI is InChI=1S/C27H23N5O2/c33-27(31-15-12-19(13-16-31)26-29-23-10-4-5-11-24(23)34-26)22-18-32(21-8-2-1-3-9-21)30-25(22)20-7-6-14-28-17-20/h1-11,14,17-19H,12-13,15-16H2. The Bertz CT molecular complexity index is 1400. The van der Waals surface area contributed by atoms with E-state index >= 15 is 0 Å². The van der Waals surface area contributed by atoms with Crippen LogP contribution >= 0.6 is 0 Å². The van der Waals surface area contributed by atoms with Gasteiger partial charge in [0.15, 0.2) is 11.5 Å². The summed E-state index contributed by atoms with van der Waals surface area (Å²) < 4.78 is 7.75. The predicted octanol–water partition coefficient (Wildman–Crippen LogP) is 5.10. The van der Waals surface area contributed by atoms with Gasteiger partial charge in [0, 0.05) is 43.2 Å². The summed E-state index contributed by atoms with van der Waals surface area (Å²) in [4.78, 5) is 24.4. The third kappa shape index (κ3) is 3.75. The van der Waals surface area contributed by atoms with Gasteiger partial charge >= 0.3 is 0 Å². The first-order valence-electron chi connectivity index (χ1n) is 11.5. The number of oxazole rings is 1. The third-order valence-electron chi connectivity index (χ3n) is 6.34. The second-order valence-corrected chi connectivity index (χ2v) is 8.50. The molecule has 7 heteroatoms. The van der Waals surface area contributed by atoms with E-state index in [0.717, 1.165) is 41.1 Å². The lowest BCUT2D eigenvalue weighted by Crippen LogP contribution is -2.38. The number of rotatable bonds is 4. The molecule has 0 spiro atoms. The SMILES string of the molecule is O=C(c1cn(-c2ccccc2)nc1-c1cccnc1)N1CCC(c2nc3ccccc3o2)CC1. The van der Waals surface area contributed by atoms with Crippen LogP contribution in [0.3, 0.4) is 0 Å². The van der Waals surface area contributed by atoms with E-state index in [1.165, 1.54) is 0 Å². The fourth-order valence-electron chi connectivity index (χ4n) is 4.52. The lowest BCUT2D eigenvalue weighted by atomic mass is 9.96. The number of benzene rings is 2. The van der Waals surface area contributed by atoms with Crippen molar-refractivity contribution < 1.29 is 9.21 Å². The summed E-state index contributed by atoms with van der Waals surface area (Å²) in [6.07, 6.45) is 6.91. The Labute approximate surface area is 196 Å². The highest BCUT2D eigenvalue weighted by molar-refractivity contribution is 6.00. The zero-order valence-corrected chi connectivity index (χ0v) is 18.5. The predicted molar refractivity (Wildman–Crippen MR) is 129 cm³/mol. The zero-order valence-electron chi connectivity index (χ0n) is 18.5. The summed E-state index contributed by atoms with van der Waals surface area (Å²) in [5, 5.41) is 4.76. The van der Waals surface area contributed by atoms with Crippen molar-refractivity contribution in [3.63, 3.8) is 0 Å². The fourth-order valence-corrected chi connectivity index (χ4v) is 4.52. The van der Waals surface area contributed by atoms with Gasteiger partial charge in [-0.05, 0) is 49.2 Å². The van der Waals surface area contributed by atoms with E-state index in [1.54, 1.807) is 17.1 Å². The number of nitrogens with zero attached hydrogens (tertiary/aromatic N) is 5. The van der Waals surface area contributed by atoms with E-state index in [-0.39, 0.29) is 11.8 Å². The summed E-state index contributed by atoms with van der Waals surface area (Å²) in [6.45, 7) is 1.29. The van der Waals surface area contributed by atoms with Gasteiger partial charge in [0.05, 0.1) is 11.3 Å². The van der Waals surface area contributed by atoms with Crippen LogP contribution in [0.4, 0.5) is 0 Å². The maximum atomic E-state index is 13.6. The van der Waals surface area contributed by atoms with Crippen LogP contribution in [0.2, 0.25) is 0 Å². The number of piperidine rings is 1. The summed E-state index contributed by atoms with van der Waals surface area (Å²) in [5.41, 5.74) is 4.64. The monoisotopic (exact) mass is 449 g/mol. The highest BCUT2D eigenvalue weighted by Crippen LogP contribution is 2.32. The van der Waals surface area contributed by atoms with Crippen molar-refractivity contribution in [2.75, 3.05) is 13.1 Å². The van der Waals surface area contributed by atoms with Crippen molar-refractivity contribution in [2.45, 2.75) is 18.8 Å². The van der Waals surface area contributed by atoms with Crippen LogP contribution in [0, 0.1) is 0 Å². The van der Waals surface area contributed by atoms with E-state index in [0.29, 0.717) is 24.3 Å². The lowest BCUT2D eigenvalue weighted by Gasteiger charge is -2.30. The highest BCUT2D eigenvalue weighted by Gasteiger charge is 2.30. The van der Waals surface area contributed by atoms with E-state index < -0.39 is 0 Å². The van der Waals surface area contributed by atoms with Gasteiger partial charge in [-0.1, -0.05) is 30.3 Å². The Balaban J connectivity index is 1.26. The molecule has 3 aromatic heterocycles. The van der Waals surface area contributed by atoms with Gasteiger partial charge in [0.2, 0.25) is 0 Å². The molecule has 1 aliphatic heterocycles. The Morgan fingerprint density at radius 2 is 1.74 bits per heavy atom. The molecule has 0 bridgehead atoms. The number of hydrogen-bond acceptors (Lipinski definition) is 5. The smallest absolute Gasteiger partial charge is 0.257 e. The molecule has 1 fully saturated rings. The molecule has 5 aromatic rings. The van der Waals surface area contributed by atoms with Crippen molar-refractivity contribution in [3.05, 3.63) is 96.8 Å². The highest BCUT2D eigenvalue weighted by atomic mass is 16.3. The van der Waals surface area contributed by atoms with E-state index in [2.05, 4.69) is 9.97 Å². The van der Waals surface area contributed by atoms with Crippen LogP contribution in [-0.2, 0) is 0 Å². The van der Waals surface area contributed by atoms with Crippen molar-refractivity contribution in [2.24, 2.45) is 0 Å². The second kappa shape index (κ2) is 8.59. The van der Waals surface area contributed by atoms with Crippen LogP contribution in [0.25, 0.3) is 28.0 Å². The molecule has 0 saturated carbocycles. The van der Waals surface area contributed by atoms with Crippen LogP contribution in [-0.4, -0.2) is 43.6 Å². The van der Waals surface area contributed by atoms with Gasteiger partial charge in [-0.15, -0.1) is 0 Å². The van der Waals surface area contributed by atoms with E-state index in [4.69, 9.17) is 9.52 Å².